The average molecular weight is 479 g/mol. The Morgan fingerprint density at radius 2 is 1.82 bits per heavy atom. The topological polar surface area (TPSA) is 184 Å². The van der Waals surface area contributed by atoms with Crippen LogP contribution in [0.3, 0.4) is 0 Å². The first-order chi connectivity index (χ1) is 15.9. The maximum absolute atomic E-state index is 13.2. The molecule has 0 atom stereocenters. The first-order valence-electron chi connectivity index (χ1n) is 11.6. The van der Waals surface area contributed by atoms with Crippen molar-refractivity contribution in [1.82, 2.24) is 19.4 Å². The molecule has 1 aliphatic heterocycles. The molecular formula is C22H34N6O6. The molecule has 1 aromatic heterocycles. The average Bonchev–Trinajstić information content (AvgIpc) is 2.96. The van der Waals surface area contributed by atoms with Gasteiger partial charge in [-0.2, -0.15) is 0 Å². The Morgan fingerprint density at radius 1 is 1.21 bits per heavy atom. The lowest BCUT2D eigenvalue weighted by atomic mass is 9.72. The monoisotopic (exact) mass is 478 g/mol. The zero-order chi connectivity index (χ0) is 25.4. The van der Waals surface area contributed by atoms with E-state index in [1.165, 1.54) is 4.90 Å². The standard InChI is InChI=1S/C22H34N6O6/c1-4-5-10-26-16(30)14(15(23)24)17(31)28(20(26)34)13-6-8-22(12-29,9-7-13)11-27-19(33)25-18(32)21(27,2)3/h13,29-30H,4-12H2,1-3H3,(H3,23,24)(H,25,32,33). The van der Waals surface area contributed by atoms with Crippen LogP contribution >= 0.6 is 0 Å². The van der Waals surface area contributed by atoms with Crippen molar-refractivity contribution in [3.8, 4) is 5.88 Å². The van der Waals surface area contributed by atoms with Crippen LogP contribution in [0.2, 0.25) is 0 Å². The predicted octanol–water partition coefficient (Wildman–Crippen LogP) is 0.224. The molecule has 3 rings (SSSR count). The van der Waals surface area contributed by atoms with Gasteiger partial charge in [-0.25, -0.2) is 9.59 Å². The van der Waals surface area contributed by atoms with Crippen LogP contribution in [0.25, 0.3) is 0 Å². The highest BCUT2D eigenvalue weighted by molar-refractivity contribution is 6.06. The number of nitrogen functional groups attached to an aromatic ring is 1. The lowest BCUT2D eigenvalue weighted by molar-refractivity contribution is -0.125. The minimum Gasteiger partial charge on any atom is -0.494 e. The van der Waals surface area contributed by atoms with Gasteiger partial charge < -0.3 is 20.8 Å². The molecule has 188 valence electrons. The fraction of sp³-hybridized carbons (Fsp3) is 0.682. The van der Waals surface area contributed by atoms with E-state index in [9.17, 15) is 29.4 Å². The van der Waals surface area contributed by atoms with E-state index in [4.69, 9.17) is 11.1 Å². The van der Waals surface area contributed by atoms with Gasteiger partial charge in [0.05, 0.1) is 6.61 Å². The van der Waals surface area contributed by atoms with E-state index in [0.717, 1.165) is 15.6 Å². The second-order valence-electron chi connectivity index (χ2n) is 9.87. The maximum Gasteiger partial charge on any atom is 0.334 e. The van der Waals surface area contributed by atoms with E-state index in [0.29, 0.717) is 32.1 Å². The molecule has 0 radical (unpaired) electrons. The molecule has 1 saturated heterocycles. The molecule has 2 heterocycles. The smallest absolute Gasteiger partial charge is 0.334 e. The summed E-state index contributed by atoms with van der Waals surface area (Å²) in [5.41, 5.74) is 1.95. The number of hydrogen-bond acceptors (Lipinski definition) is 7. The van der Waals surface area contributed by atoms with Crippen molar-refractivity contribution in [2.24, 2.45) is 11.1 Å². The second kappa shape index (κ2) is 9.24. The third-order valence-corrected chi connectivity index (χ3v) is 7.26. The SMILES string of the molecule is CCCCn1c(O)c(C(=N)N)c(=O)n(C2CCC(CO)(CN3C(=O)NC(=O)C3(C)C)CC2)c1=O. The fourth-order valence-corrected chi connectivity index (χ4v) is 4.87. The normalized spacial score (nSPS) is 24.4. The molecular weight excluding hydrogens is 444 g/mol. The fourth-order valence-electron chi connectivity index (χ4n) is 4.87. The van der Waals surface area contributed by atoms with Crippen LogP contribution in [-0.4, -0.2) is 60.7 Å². The van der Waals surface area contributed by atoms with Crippen molar-refractivity contribution < 1.29 is 19.8 Å². The molecule has 0 unspecified atom stereocenters. The maximum atomic E-state index is 13.2. The highest BCUT2D eigenvalue weighted by Crippen LogP contribution is 2.42. The molecule has 6 N–H and O–H groups in total. The minimum absolute atomic E-state index is 0.157. The summed E-state index contributed by atoms with van der Waals surface area (Å²) >= 11 is 0. The number of amidine groups is 1. The Hall–Kier alpha value is -3.15. The number of aliphatic hydroxyl groups excluding tert-OH is 1. The summed E-state index contributed by atoms with van der Waals surface area (Å²) in [4.78, 5) is 52.1. The van der Waals surface area contributed by atoms with Crippen molar-refractivity contribution in [1.29, 1.82) is 5.41 Å². The first kappa shape index (κ1) is 25.5. The molecule has 1 aliphatic carbocycles. The molecule has 1 saturated carbocycles. The van der Waals surface area contributed by atoms with Crippen molar-refractivity contribution in [2.45, 2.75) is 77.4 Å². The van der Waals surface area contributed by atoms with Gasteiger partial charge in [0, 0.05) is 24.5 Å². The number of nitrogens with two attached hydrogens (primary N) is 1. The number of amides is 3. The number of rotatable bonds is 8. The Labute approximate surface area is 196 Å². The molecule has 12 heteroatoms. The summed E-state index contributed by atoms with van der Waals surface area (Å²) in [7, 11) is 0. The number of hydrogen-bond donors (Lipinski definition) is 5. The molecule has 2 aliphatic rings. The number of urea groups is 1. The summed E-state index contributed by atoms with van der Waals surface area (Å²) in [6.07, 6.45) is 2.86. The highest BCUT2D eigenvalue weighted by atomic mass is 16.3. The minimum atomic E-state index is -1.05. The first-order valence-corrected chi connectivity index (χ1v) is 11.6. The molecule has 34 heavy (non-hydrogen) atoms. The zero-order valence-electron chi connectivity index (χ0n) is 19.9. The lowest BCUT2D eigenvalue weighted by Gasteiger charge is -2.43. The number of carbonyl (C=O) groups is 2. The van der Waals surface area contributed by atoms with Gasteiger partial charge in [-0.15, -0.1) is 0 Å². The van der Waals surface area contributed by atoms with E-state index >= 15 is 0 Å². The molecule has 0 aromatic carbocycles. The number of aromatic hydroxyl groups is 1. The van der Waals surface area contributed by atoms with Gasteiger partial charge >= 0.3 is 11.7 Å². The van der Waals surface area contributed by atoms with Crippen molar-refractivity contribution in [3.05, 3.63) is 26.4 Å². The summed E-state index contributed by atoms with van der Waals surface area (Å²) in [5.74, 6) is -1.62. The van der Waals surface area contributed by atoms with Crippen LogP contribution in [0.4, 0.5) is 4.79 Å². The highest BCUT2D eigenvalue weighted by Gasteiger charge is 2.49. The quantitative estimate of drug-likeness (QED) is 0.201. The van der Waals surface area contributed by atoms with Crippen LogP contribution in [0.1, 0.15) is 70.9 Å². The number of nitrogens with zero attached hydrogens (tertiary/aromatic N) is 3. The summed E-state index contributed by atoms with van der Waals surface area (Å²) in [6.45, 7) is 5.32. The third-order valence-electron chi connectivity index (χ3n) is 7.26. The lowest BCUT2D eigenvalue weighted by Crippen LogP contribution is -2.52. The van der Waals surface area contributed by atoms with Gasteiger partial charge in [0.15, 0.2) is 0 Å². The number of imide groups is 1. The van der Waals surface area contributed by atoms with Crippen LogP contribution in [0, 0.1) is 10.8 Å². The number of carbonyl (C=O) groups excluding carboxylic acids is 2. The third kappa shape index (κ3) is 4.22. The largest absolute Gasteiger partial charge is 0.494 e. The number of nitrogens with one attached hydrogen (secondary N) is 2. The van der Waals surface area contributed by atoms with Crippen LogP contribution < -0.4 is 22.3 Å². The van der Waals surface area contributed by atoms with E-state index < -0.39 is 57.5 Å². The van der Waals surface area contributed by atoms with Crippen molar-refractivity contribution in [3.63, 3.8) is 0 Å². The summed E-state index contributed by atoms with van der Waals surface area (Å²) in [5, 5.41) is 30.8. The van der Waals surface area contributed by atoms with Crippen LogP contribution in [-0.2, 0) is 11.3 Å². The van der Waals surface area contributed by atoms with Gasteiger partial charge in [0.25, 0.3) is 11.5 Å². The van der Waals surface area contributed by atoms with Gasteiger partial charge in [-0.05, 0) is 46.0 Å². The van der Waals surface area contributed by atoms with Crippen molar-refractivity contribution in [2.75, 3.05) is 13.2 Å². The number of aromatic nitrogens is 2. The zero-order valence-corrected chi connectivity index (χ0v) is 19.9. The number of unbranched alkanes of at least 4 members (excludes halogenated alkanes) is 1. The van der Waals surface area contributed by atoms with E-state index in [-0.39, 0.29) is 19.7 Å². The van der Waals surface area contributed by atoms with E-state index in [2.05, 4.69) is 5.32 Å². The Morgan fingerprint density at radius 3 is 2.29 bits per heavy atom. The summed E-state index contributed by atoms with van der Waals surface area (Å²) in [6, 6.07) is -1.03. The molecule has 2 fully saturated rings. The van der Waals surface area contributed by atoms with E-state index in [1.807, 2.05) is 6.92 Å². The molecule has 3 amide bonds. The van der Waals surface area contributed by atoms with Gasteiger partial charge in [-0.3, -0.25) is 29.4 Å². The Balaban J connectivity index is 1.92. The molecule has 0 bridgehead atoms. The van der Waals surface area contributed by atoms with Crippen molar-refractivity contribution >= 4 is 17.8 Å². The molecule has 0 spiro atoms. The molecule has 12 nitrogen and oxygen atoms in total. The van der Waals surface area contributed by atoms with Crippen LogP contribution in [0.15, 0.2) is 9.59 Å². The second-order valence-corrected chi connectivity index (χ2v) is 9.87. The van der Waals surface area contributed by atoms with E-state index in [1.54, 1.807) is 13.8 Å². The molecule has 1 aromatic rings. The van der Waals surface area contributed by atoms with Crippen LogP contribution in [0.5, 0.6) is 5.88 Å². The van der Waals surface area contributed by atoms with Gasteiger partial charge in [0.2, 0.25) is 5.88 Å². The number of aliphatic hydroxyl groups is 1. The van der Waals surface area contributed by atoms with Gasteiger partial charge in [0.1, 0.15) is 16.9 Å². The predicted molar refractivity (Wildman–Crippen MR) is 124 cm³/mol. The van der Waals surface area contributed by atoms with Gasteiger partial charge in [-0.1, -0.05) is 13.3 Å². The Bertz CT molecular complexity index is 1110. The summed E-state index contributed by atoms with van der Waals surface area (Å²) < 4.78 is 2.14. The Kier molecular flexibility index (Phi) is 6.92.